The van der Waals surface area contributed by atoms with Gasteiger partial charge in [0.05, 0.1) is 29.3 Å². The number of sulfonamides is 1. The fraction of sp³-hybridized carbons (Fsp3) is 0.296. The summed E-state index contributed by atoms with van der Waals surface area (Å²) >= 11 is 1.25. The van der Waals surface area contributed by atoms with Gasteiger partial charge in [-0.15, -0.1) is 11.3 Å². The van der Waals surface area contributed by atoms with E-state index in [-0.39, 0.29) is 29.5 Å². The van der Waals surface area contributed by atoms with Crippen LogP contribution in [0.15, 0.2) is 59.5 Å². The molecule has 0 saturated heterocycles. The van der Waals surface area contributed by atoms with Gasteiger partial charge in [0.15, 0.2) is 0 Å². The lowest BCUT2D eigenvalue weighted by molar-refractivity contribution is 0.0827. The summed E-state index contributed by atoms with van der Waals surface area (Å²) in [5, 5.41) is 3.22. The third kappa shape index (κ3) is 5.76. The minimum absolute atomic E-state index is 0.0412. The Morgan fingerprint density at radius 3 is 2.31 bits per heavy atom. The number of fused-ring (bicyclic) bond motifs is 1. The second-order valence-electron chi connectivity index (χ2n) is 9.06. The number of hydrogen-bond donors (Lipinski definition) is 1. The number of nitrogens with zero attached hydrogens (tertiary/aromatic N) is 3. The third-order valence-electron chi connectivity index (χ3n) is 6.32. The van der Waals surface area contributed by atoms with Gasteiger partial charge in [-0.25, -0.2) is 13.2 Å². The molecular formula is C27H30N4O6S2. The van der Waals surface area contributed by atoms with Crippen molar-refractivity contribution in [3.63, 3.8) is 0 Å². The van der Waals surface area contributed by atoms with E-state index < -0.39 is 22.0 Å². The normalized spacial score (nSPS) is 12.9. The van der Waals surface area contributed by atoms with Crippen molar-refractivity contribution in [1.82, 2.24) is 9.80 Å². The van der Waals surface area contributed by atoms with Gasteiger partial charge >= 0.3 is 6.09 Å². The zero-order chi connectivity index (χ0) is 28.3. The molecule has 0 radical (unpaired) electrons. The summed E-state index contributed by atoms with van der Waals surface area (Å²) < 4.78 is 32.4. The molecule has 0 fully saturated rings. The number of amides is 3. The Morgan fingerprint density at radius 1 is 1.03 bits per heavy atom. The molecule has 1 aliphatic rings. The number of para-hydroxylation sites is 1. The fourth-order valence-corrected chi connectivity index (χ4v) is 6.65. The molecule has 0 aliphatic carbocycles. The molecule has 0 bridgehead atoms. The quantitative estimate of drug-likeness (QED) is 0.458. The number of ether oxygens (including phenoxy) is 1. The maximum Gasteiger partial charge on any atom is 0.410 e. The van der Waals surface area contributed by atoms with Crippen molar-refractivity contribution < 1.29 is 27.5 Å². The van der Waals surface area contributed by atoms with Crippen LogP contribution in [0.4, 0.5) is 15.5 Å². The SMILES string of the molecule is CCOC(=O)N1CCc2c(sc(NC(=O)c3ccc(S(=O)(=O)N(C)c4ccccc4)cc3)c2C(=O)N(C)C)C1. The molecule has 0 unspecified atom stereocenters. The van der Waals surface area contributed by atoms with E-state index in [0.29, 0.717) is 29.2 Å². The van der Waals surface area contributed by atoms with Gasteiger partial charge in [0.2, 0.25) is 0 Å². The van der Waals surface area contributed by atoms with Crippen LogP contribution in [-0.4, -0.2) is 70.4 Å². The molecule has 4 rings (SSSR count). The second kappa shape index (κ2) is 11.5. The molecule has 3 aromatic rings. The van der Waals surface area contributed by atoms with E-state index in [0.717, 1.165) is 10.4 Å². The predicted octanol–water partition coefficient (Wildman–Crippen LogP) is 4.04. The number of carbonyl (C=O) groups is 3. The highest BCUT2D eigenvalue weighted by Crippen LogP contribution is 2.38. The lowest BCUT2D eigenvalue weighted by atomic mass is 10.0. The summed E-state index contributed by atoms with van der Waals surface area (Å²) in [7, 11) is 0.913. The first-order valence-electron chi connectivity index (χ1n) is 12.3. The van der Waals surface area contributed by atoms with Crippen LogP contribution in [0.2, 0.25) is 0 Å². The van der Waals surface area contributed by atoms with Gasteiger partial charge in [0.1, 0.15) is 5.00 Å². The minimum atomic E-state index is -3.83. The van der Waals surface area contributed by atoms with Crippen molar-refractivity contribution in [3.05, 3.63) is 76.2 Å². The van der Waals surface area contributed by atoms with E-state index in [2.05, 4.69) is 5.32 Å². The molecule has 206 valence electrons. The molecule has 12 heteroatoms. The van der Waals surface area contributed by atoms with Crippen molar-refractivity contribution in [2.24, 2.45) is 0 Å². The Labute approximate surface area is 231 Å². The standard InChI is InChI=1S/C27H30N4O6S2/c1-5-37-27(34)31-16-15-21-22(17-31)38-25(23(21)26(33)29(2)3)28-24(32)18-11-13-20(14-12-18)39(35,36)30(4)19-9-7-6-8-10-19/h6-14H,5,15-17H2,1-4H3,(H,28,32). The van der Waals surface area contributed by atoms with Crippen LogP contribution < -0.4 is 9.62 Å². The Hall–Kier alpha value is -3.90. The summed E-state index contributed by atoms with van der Waals surface area (Å²) in [4.78, 5) is 42.4. The largest absolute Gasteiger partial charge is 0.450 e. The van der Waals surface area contributed by atoms with Crippen LogP contribution in [0, 0.1) is 0 Å². The monoisotopic (exact) mass is 570 g/mol. The van der Waals surface area contributed by atoms with Crippen LogP contribution in [0.3, 0.4) is 0 Å². The van der Waals surface area contributed by atoms with Gasteiger partial charge in [-0.2, -0.15) is 0 Å². The van der Waals surface area contributed by atoms with Crippen LogP contribution in [0.5, 0.6) is 0 Å². The molecule has 0 spiro atoms. The Bertz CT molecular complexity index is 1480. The van der Waals surface area contributed by atoms with Crippen LogP contribution in [0.25, 0.3) is 0 Å². The number of thiophene rings is 1. The first-order chi connectivity index (χ1) is 18.5. The van der Waals surface area contributed by atoms with Crippen molar-refractivity contribution in [2.45, 2.75) is 24.8 Å². The maximum absolute atomic E-state index is 13.2. The molecule has 1 N–H and O–H groups in total. The van der Waals surface area contributed by atoms with Gasteiger partial charge in [0, 0.05) is 38.1 Å². The van der Waals surface area contributed by atoms with Crippen LogP contribution in [-0.2, 0) is 27.7 Å². The highest BCUT2D eigenvalue weighted by Gasteiger charge is 2.31. The van der Waals surface area contributed by atoms with Crippen molar-refractivity contribution in [2.75, 3.05) is 43.9 Å². The first-order valence-corrected chi connectivity index (χ1v) is 14.5. The van der Waals surface area contributed by atoms with Crippen molar-refractivity contribution in [3.8, 4) is 0 Å². The number of carbonyl (C=O) groups excluding carboxylic acids is 3. The summed E-state index contributed by atoms with van der Waals surface area (Å²) in [6.45, 7) is 2.69. The van der Waals surface area contributed by atoms with E-state index >= 15 is 0 Å². The van der Waals surface area contributed by atoms with Crippen LogP contribution in [0.1, 0.15) is 38.1 Å². The summed E-state index contributed by atoms with van der Waals surface area (Å²) in [6.07, 6.45) is 0.0345. The molecule has 39 heavy (non-hydrogen) atoms. The number of nitrogens with one attached hydrogen (secondary N) is 1. The molecule has 10 nitrogen and oxygen atoms in total. The topological polar surface area (TPSA) is 116 Å². The summed E-state index contributed by atoms with van der Waals surface area (Å²) in [6, 6.07) is 14.3. The minimum Gasteiger partial charge on any atom is -0.450 e. The number of rotatable bonds is 7. The second-order valence-corrected chi connectivity index (χ2v) is 12.1. The smallest absolute Gasteiger partial charge is 0.410 e. The Morgan fingerprint density at radius 2 is 1.69 bits per heavy atom. The van der Waals surface area contributed by atoms with Gasteiger partial charge in [-0.3, -0.25) is 13.9 Å². The molecule has 2 heterocycles. The lowest BCUT2D eigenvalue weighted by Gasteiger charge is -2.26. The average Bonchev–Trinajstić information content (AvgIpc) is 3.29. The fourth-order valence-electron chi connectivity index (χ4n) is 4.20. The van der Waals surface area contributed by atoms with E-state index in [1.165, 1.54) is 51.9 Å². The zero-order valence-corrected chi connectivity index (χ0v) is 23.8. The number of hydrogen-bond acceptors (Lipinski definition) is 7. The third-order valence-corrected chi connectivity index (χ3v) is 9.26. The Kier molecular flexibility index (Phi) is 8.26. The van der Waals surface area contributed by atoms with Gasteiger partial charge in [-0.1, -0.05) is 18.2 Å². The molecule has 1 aromatic heterocycles. The maximum atomic E-state index is 13.2. The summed E-state index contributed by atoms with van der Waals surface area (Å²) in [5.41, 5.74) is 1.96. The molecule has 1 aliphatic heterocycles. The van der Waals surface area contributed by atoms with E-state index in [9.17, 15) is 22.8 Å². The van der Waals surface area contributed by atoms with Gasteiger partial charge in [-0.05, 0) is 55.3 Å². The highest BCUT2D eigenvalue weighted by atomic mass is 32.2. The zero-order valence-electron chi connectivity index (χ0n) is 22.1. The first kappa shape index (κ1) is 28.1. The predicted molar refractivity (Wildman–Crippen MR) is 150 cm³/mol. The molecule has 2 aromatic carbocycles. The van der Waals surface area contributed by atoms with Gasteiger partial charge < -0.3 is 19.9 Å². The van der Waals surface area contributed by atoms with E-state index in [1.54, 1.807) is 56.3 Å². The van der Waals surface area contributed by atoms with Gasteiger partial charge in [0.25, 0.3) is 21.8 Å². The molecule has 3 amide bonds. The average molecular weight is 571 g/mol. The highest BCUT2D eigenvalue weighted by molar-refractivity contribution is 7.92. The molecule has 0 saturated carbocycles. The van der Waals surface area contributed by atoms with Crippen molar-refractivity contribution >= 4 is 50.0 Å². The Balaban J connectivity index is 1.58. The molecular weight excluding hydrogens is 540 g/mol. The lowest BCUT2D eigenvalue weighted by Crippen LogP contribution is -2.36. The number of anilines is 2. The number of benzene rings is 2. The van der Waals surface area contributed by atoms with E-state index in [1.807, 2.05) is 0 Å². The van der Waals surface area contributed by atoms with Crippen LogP contribution >= 0.6 is 11.3 Å². The molecule has 0 atom stereocenters. The van der Waals surface area contributed by atoms with Crippen molar-refractivity contribution in [1.29, 1.82) is 0 Å². The van der Waals surface area contributed by atoms with E-state index in [4.69, 9.17) is 4.74 Å². The summed E-state index contributed by atoms with van der Waals surface area (Å²) in [5.74, 6) is -0.734.